The van der Waals surface area contributed by atoms with Crippen LogP contribution in [-0.2, 0) is 23.2 Å². The zero-order valence-electron chi connectivity index (χ0n) is 20.7. The van der Waals surface area contributed by atoms with Gasteiger partial charge in [-0.1, -0.05) is 36.0 Å². The van der Waals surface area contributed by atoms with Crippen molar-refractivity contribution in [3.05, 3.63) is 76.2 Å². The van der Waals surface area contributed by atoms with Crippen LogP contribution in [-0.4, -0.2) is 39.5 Å². The number of halogens is 1. The molecule has 1 amide bonds. The number of amides is 1. The highest BCUT2D eigenvalue weighted by Gasteiger charge is 2.23. The van der Waals surface area contributed by atoms with E-state index in [9.17, 15) is 14.0 Å². The minimum Gasteiger partial charge on any atom is -0.485 e. The Kier molecular flexibility index (Phi) is 8.24. The van der Waals surface area contributed by atoms with E-state index in [2.05, 4.69) is 15.5 Å². The van der Waals surface area contributed by atoms with Crippen LogP contribution in [0.2, 0.25) is 0 Å². The second-order valence-electron chi connectivity index (χ2n) is 8.20. The molecule has 2 aromatic carbocycles. The van der Waals surface area contributed by atoms with E-state index in [4.69, 9.17) is 9.47 Å². The Balaban J connectivity index is 1.40. The summed E-state index contributed by atoms with van der Waals surface area (Å²) in [5, 5.41) is 13.8. The summed E-state index contributed by atoms with van der Waals surface area (Å²) >= 11 is 2.41. The first-order valence-electron chi connectivity index (χ1n) is 11.2. The van der Waals surface area contributed by atoms with Crippen molar-refractivity contribution in [1.82, 2.24) is 14.8 Å². The molecule has 2 heterocycles. The highest BCUT2D eigenvalue weighted by Crippen LogP contribution is 2.36. The Morgan fingerprint density at radius 3 is 2.62 bits per heavy atom. The molecule has 192 valence electrons. The maximum Gasteiger partial charge on any atom is 0.341 e. The molecule has 4 aromatic rings. The summed E-state index contributed by atoms with van der Waals surface area (Å²) in [5.41, 5.74) is 3.56. The number of hydrogen-bond donors (Lipinski definition) is 1. The summed E-state index contributed by atoms with van der Waals surface area (Å²) in [6.07, 6.45) is 0. The number of nitrogens with zero attached hydrogens (tertiary/aromatic N) is 3. The molecule has 8 nitrogen and oxygen atoms in total. The lowest BCUT2D eigenvalue weighted by atomic mass is 10.0. The molecule has 0 radical (unpaired) electrons. The van der Waals surface area contributed by atoms with Gasteiger partial charge in [-0.25, -0.2) is 9.18 Å². The zero-order chi connectivity index (χ0) is 26.5. The molecule has 2 aromatic heterocycles. The number of aromatic nitrogens is 3. The van der Waals surface area contributed by atoms with Crippen molar-refractivity contribution in [1.29, 1.82) is 0 Å². The van der Waals surface area contributed by atoms with Crippen molar-refractivity contribution >= 4 is 40.0 Å². The molecule has 0 bridgehead atoms. The van der Waals surface area contributed by atoms with Gasteiger partial charge >= 0.3 is 5.97 Å². The lowest BCUT2D eigenvalue weighted by Gasteiger charge is -2.10. The maximum atomic E-state index is 13.3. The third-order valence-corrected chi connectivity index (χ3v) is 7.46. The molecule has 0 saturated carbocycles. The quantitative estimate of drug-likeness (QED) is 0.224. The van der Waals surface area contributed by atoms with E-state index in [1.165, 1.54) is 42.3 Å². The molecular weight excluding hydrogens is 515 g/mol. The Morgan fingerprint density at radius 1 is 1.14 bits per heavy atom. The standard InChI is InChI=1S/C26H25FN4O4S2/c1-15-5-6-16(2)20(11-15)35-12-21-29-30-26(31(21)3)37-14-22(32)28-24-23(25(33)34-4)19(13-36-24)17-7-9-18(27)10-8-17/h5-11,13H,12,14H2,1-4H3,(H,28,32). The highest BCUT2D eigenvalue weighted by atomic mass is 32.2. The van der Waals surface area contributed by atoms with Gasteiger partial charge in [0.15, 0.2) is 11.0 Å². The largest absolute Gasteiger partial charge is 0.485 e. The van der Waals surface area contributed by atoms with E-state index < -0.39 is 5.97 Å². The topological polar surface area (TPSA) is 95.3 Å². The van der Waals surface area contributed by atoms with Crippen molar-refractivity contribution in [3.8, 4) is 16.9 Å². The first-order chi connectivity index (χ1) is 17.8. The van der Waals surface area contributed by atoms with E-state index in [1.54, 1.807) is 22.1 Å². The molecule has 1 N–H and O–H groups in total. The molecule has 0 atom stereocenters. The van der Waals surface area contributed by atoms with Gasteiger partial charge in [0.1, 0.15) is 28.7 Å². The third kappa shape index (κ3) is 6.17. The summed E-state index contributed by atoms with van der Waals surface area (Å²) in [6.45, 7) is 4.22. The number of hydrogen-bond acceptors (Lipinski definition) is 8. The van der Waals surface area contributed by atoms with Crippen LogP contribution < -0.4 is 10.1 Å². The van der Waals surface area contributed by atoms with Crippen molar-refractivity contribution in [3.63, 3.8) is 0 Å². The van der Waals surface area contributed by atoms with Crippen LogP contribution >= 0.6 is 23.1 Å². The smallest absolute Gasteiger partial charge is 0.341 e. The van der Waals surface area contributed by atoms with E-state index in [1.807, 2.05) is 39.1 Å². The Morgan fingerprint density at radius 2 is 1.89 bits per heavy atom. The lowest BCUT2D eigenvalue weighted by Crippen LogP contribution is -2.16. The van der Waals surface area contributed by atoms with Gasteiger partial charge < -0.3 is 19.4 Å². The third-order valence-electron chi connectivity index (χ3n) is 5.55. The number of carbonyl (C=O) groups is 2. The molecule has 0 aliphatic rings. The van der Waals surface area contributed by atoms with Gasteiger partial charge in [0.2, 0.25) is 5.91 Å². The van der Waals surface area contributed by atoms with Gasteiger partial charge in [-0.2, -0.15) is 0 Å². The minimum atomic E-state index is -0.592. The molecule has 0 spiro atoms. The van der Waals surface area contributed by atoms with Crippen LogP contribution in [0.25, 0.3) is 11.1 Å². The Labute approximate surface area is 221 Å². The number of benzene rings is 2. The molecule has 0 aliphatic carbocycles. The van der Waals surface area contributed by atoms with E-state index in [-0.39, 0.29) is 29.6 Å². The van der Waals surface area contributed by atoms with Crippen LogP contribution in [0.4, 0.5) is 9.39 Å². The lowest BCUT2D eigenvalue weighted by molar-refractivity contribution is -0.113. The number of rotatable bonds is 9. The van der Waals surface area contributed by atoms with E-state index in [0.29, 0.717) is 27.1 Å². The minimum absolute atomic E-state index is 0.0498. The first-order valence-corrected chi connectivity index (χ1v) is 13.1. The van der Waals surface area contributed by atoms with Gasteiger partial charge in [0.05, 0.1) is 12.9 Å². The summed E-state index contributed by atoms with van der Waals surface area (Å²) in [7, 11) is 3.08. The number of carbonyl (C=O) groups excluding carboxylic acids is 2. The van der Waals surface area contributed by atoms with E-state index >= 15 is 0 Å². The van der Waals surface area contributed by atoms with Gasteiger partial charge in [-0.3, -0.25) is 4.79 Å². The number of ether oxygens (including phenoxy) is 2. The molecule has 0 unspecified atom stereocenters. The monoisotopic (exact) mass is 540 g/mol. The van der Waals surface area contributed by atoms with E-state index in [0.717, 1.165) is 16.9 Å². The average molecular weight is 541 g/mol. The molecule has 0 fully saturated rings. The number of thiophene rings is 1. The van der Waals surface area contributed by atoms with Crippen molar-refractivity contribution in [2.24, 2.45) is 7.05 Å². The molecule has 4 rings (SSSR count). The van der Waals surface area contributed by atoms with Gasteiger partial charge in [-0.15, -0.1) is 21.5 Å². The fraction of sp³-hybridized carbons (Fsp3) is 0.231. The normalized spacial score (nSPS) is 10.8. The van der Waals surface area contributed by atoms with Crippen molar-refractivity contribution < 1.29 is 23.5 Å². The summed E-state index contributed by atoms with van der Waals surface area (Å²) in [6, 6.07) is 11.8. The first kappa shape index (κ1) is 26.4. The second-order valence-corrected chi connectivity index (χ2v) is 10.0. The fourth-order valence-electron chi connectivity index (χ4n) is 3.49. The van der Waals surface area contributed by atoms with Gasteiger partial charge in [0.25, 0.3) is 0 Å². The second kappa shape index (κ2) is 11.6. The molecule has 0 saturated heterocycles. The molecule has 0 aliphatic heterocycles. The fourth-order valence-corrected chi connectivity index (χ4v) is 5.19. The molecule has 11 heteroatoms. The predicted octanol–water partition coefficient (Wildman–Crippen LogP) is 5.40. The Hall–Kier alpha value is -3.70. The SMILES string of the molecule is COC(=O)c1c(-c2ccc(F)cc2)csc1NC(=O)CSc1nnc(COc2cc(C)ccc2C)n1C. The number of thioether (sulfide) groups is 1. The van der Waals surface area contributed by atoms with Crippen molar-refractivity contribution in [2.75, 3.05) is 18.2 Å². The van der Waals surface area contributed by atoms with Crippen LogP contribution in [0.15, 0.2) is 53.0 Å². The number of nitrogens with one attached hydrogen (secondary N) is 1. The predicted molar refractivity (Wildman–Crippen MR) is 142 cm³/mol. The Bertz CT molecular complexity index is 1430. The molecule has 37 heavy (non-hydrogen) atoms. The number of methoxy groups -OCH3 is 1. The number of aryl methyl sites for hydroxylation is 2. The van der Waals surface area contributed by atoms with Crippen LogP contribution in [0.1, 0.15) is 27.3 Å². The zero-order valence-corrected chi connectivity index (χ0v) is 22.3. The molecular formula is C26H25FN4O4S2. The summed E-state index contributed by atoms with van der Waals surface area (Å²) in [5.74, 6) is 0.166. The highest BCUT2D eigenvalue weighted by molar-refractivity contribution is 7.99. The summed E-state index contributed by atoms with van der Waals surface area (Å²) < 4.78 is 26.0. The summed E-state index contributed by atoms with van der Waals surface area (Å²) in [4.78, 5) is 25.2. The van der Waals surface area contributed by atoms with Gasteiger partial charge in [-0.05, 0) is 48.7 Å². The number of esters is 1. The van der Waals surface area contributed by atoms with Crippen LogP contribution in [0.5, 0.6) is 5.75 Å². The van der Waals surface area contributed by atoms with Gasteiger partial charge in [0, 0.05) is 18.0 Å². The van der Waals surface area contributed by atoms with Crippen molar-refractivity contribution in [2.45, 2.75) is 25.6 Å². The maximum absolute atomic E-state index is 13.3. The number of anilines is 1. The van der Waals surface area contributed by atoms with Crippen LogP contribution in [0.3, 0.4) is 0 Å². The average Bonchev–Trinajstić information content (AvgIpc) is 3.46. The van der Waals surface area contributed by atoms with Crippen LogP contribution in [0, 0.1) is 19.7 Å².